The van der Waals surface area contributed by atoms with E-state index in [1.165, 1.54) is 24.3 Å². The summed E-state index contributed by atoms with van der Waals surface area (Å²) in [5, 5.41) is 26.9. The molecular formula is C18H16Cl2N4O6. The van der Waals surface area contributed by atoms with Gasteiger partial charge < -0.3 is 10.6 Å². The van der Waals surface area contributed by atoms with Gasteiger partial charge in [0.2, 0.25) is 0 Å². The summed E-state index contributed by atoms with van der Waals surface area (Å²) in [5.41, 5.74) is -0.476. The highest BCUT2D eigenvalue weighted by atomic mass is 35.5. The Morgan fingerprint density at radius 2 is 1.13 bits per heavy atom. The van der Waals surface area contributed by atoms with Gasteiger partial charge in [-0.1, -0.05) is 23.2 Å². The molecule has 0 fully saturated rings. The highest BCUT2D eigenvalue weighted by Crippen LogP contribution is 2.25. The Balaban J connectivity index is 1.76. The van der Waals surface area contributed by atoms with Crippen molar-refractivity contribution >= 4 is 46.4 Å². The van der Waals surface area contributed by atoms with E-state index in [1.54, 1.807) is 0 Å². The van der Waals surface area contributed by atoms with E-state index in [1.807, 2.05) is 0 Å². The predicted molar refractivity (Wildman–Crippen MR) is 110 cm³/mol. The Kier molecular flexibility index (Phi) is 8.07. The minimum atomic E-state index is -0.670. The Morgan fingerprint density at radius 1 is 0.767 bits per heavy atom. The summed E-state index contributed by atoms with van der Waals surface area (Å²) in [6, 6.07) is 7.54. The van der Waals surface area contributed by atoms with Crippen molar-refractivity contribution in [2.75, 3.05) is 13.1 Å². The number of benzene rings is 2. The molecular weight excluding hydrogens is 439 g/mol. The maximum Gasteiger partial charge on any atom is 0.288 e. The van der Waals surface area contributed by atoms with Crippen molar-refractivity contribution in [1.82, 2.24) is 10.6 Å². The van der Waals surface area contributed by atoms with Crippen LogP contribution < -0.4 is 10.6 Å². The summed E-state index contributed by atoms with van der Waals surface area (Å²) in [5.74, 6) is -0.959. The van der Waals surface area contributed by atoms with Crippen molar-refractivity contribution in [3.05, 3.63) is 77.8 Å². The molecule has 2 rings (SSSR count). The zero-order valence-electron chi connectivity index (χ0n) is 15.4. The predicted octanol–water partition coefficient (Wildman–Crippen LogP) is 3.75. The fourth-order valence-corrected chi connectivity index (χ4v) is 2.82. The second-order valence-electron chi connectivity index (χ2n) is 6.07. The number of unbranched alkanes of at least 4 members (excludes halogenated alkanes) is 1. The second kappa shape index (κ2) is 10.5. The average Bonchev–Trinajstić information content (AvgIpc) is 2.70. The molecule has 0 bridgehead atoms. The van der Waals surface area contributed by atoms with Crippen molar-refractivity contribution < 1.29 is 19.4 Å². The molecule has 2 N–H and O–H groups in total. The van der Waals surface area contributed by atoms with Gasteiger partial charge in [0.25, 0.3) is 23.2 Å². The molecule has 0 saturated heterocycles. The minimum Gasteiger partial charge on any atom is -0.352 e. The summed E-state index contributed by atoms with van der Waals surface area (Å²) < 4.78 is 0. The number of hydrogen-bond acceptors (Lipinski definition) is 6. The molecule has 0 aliphatic rings. The molecule has 2 amide bonds. The number of hydrogen-bond donors (Lipinski definition) is 2. The van der Waals surface area contributed by atoms with E-state index in [0.29, 0.717) is 12.8 Å². The summed E-state index contributed by atoms with van der Waals surface area (Å²) in [6.45, 7) is 0.578. The molecule has 0 atom stereocenters. The average molecular weight is 455 g/mol. The van der Waals surface area contributed by atoms with E-state index >= 15 is 0 Å². The van der Waals surface area contributed by atoms with Gasteiger partial charge in [-0.3, -0.25) is 29.8 Å². The van der Waals surface area contributed by atoms with Crippen molar-refractivity contribution in [2.45, 2.75) is 12.8 Å². The number of rotatable bonds is 9. The minimum absolute atomic E-state index is 0.0571. The molecule has 2 aromatic rings. The molecule has 0 aliphatic heterocycles. The highest BCUT2D eigenvalue weighted by molar-refractivity contribution is 6.33. The number of amides is 2. The van der Waals surface area contributed by atoms with Crippen LogP contribution in [0.2, 0.25) is 10.0 Å². The zero-order valence-corrected chi connectivity index (χ0v) is 16.9. The first-order valence-electron chi connectivity index (χ1n) is 8.65. The summed E-state index contributed by atoms with van der Waals surface area (Å²) >= 11 is 11.4. The van der Waals surface area contributed by atoms with E-state index in [4.69, 9.17) is 23.2 Å². The molecule has 30 heavy (non-hydrogen) atoms. The van der Waals surface area contributed by atoms with Crippen molar-refractivity contribution in [2.24, 2.45) is 0 Å². The molecule has 0 heterocycles. The molecule has 2 aromatic carbocycles. The van der Waals surface area contributed by atoms with Crippen molar-refractivity contribution in [1.29, 1.82) is 0 Å². The van der Waals surface area contributed by atoms with E-state index in [9.17, 15) is 29.8 Å². The van der Waals surface area contributed by atoms with Crippen LogP contribution in [0.15, 0.2) is 36.4 Å². The number of nitro benzene ring substituents is 2. The number of halogens is 2. The lowest BCUT2D eigenvalue weighted by atomic mass is 10.2. The lowest BCUT2D eigenvalue weighted by Crippen LogP contribution is -2.27. The van der Waals surface area contributed by atoms with Gasteiger partial charge in [0.05, 0.1) is 9.85 Å². The third-order valence-electron chi connectivity index (χ3n) is 3.98. The van der Waals surface area contributed by atoms with Crippen LogP contribution in [0.5, 0.6) is 0 Å². The molecule has 0 radical (unpaired) electrons. The van der Waals surface area contributed by atoms with Gasteiger partial charge in [0.1, 0.15) is 10.0 Å². The SMILES string of the molecule is O=C(NCCCCNC(=O)c1ccc(Cl)c([N+](=O)[O-])c1)c1ccc(Cl)c([N+](=O)[O-])c1. The Hall–Kier alpha value is -3.24. The molecule has 0 saturated carbocycles. The molecule has 0 spiro atoms. The topological polar surface area (TPSA) is 144 Å². The largest absolute Gasteiger partial charge is 0.352 e. The lowest BCUT2D eigenvalue weighted by molar-refractivity contribution is -0.384. The molecule has 12 heteroatoms. The van der Waals surface area contributed by atoms with Gasteiger partial charge in [0, 0.05) is 36.3 Å². The Labute approximate surface area is 180 Å². The number of carbonyl (C=O) groups is 2. The fraction of sp³-hybridized carbons (Fsp3) is 0.222. The maximum atomic E-state index is 12.1. The first-order valence-corrected chi connectivity index (χ1v) is 9.40. The van der Waals surface area contributed by atoms with Crippen LogP contribution in [0.3, 0.4) is 0 Å². The number of nitrogens with zero attached hydrogens (tertiary/aromatic N) is 2. The second-order valence-corrected chi connectivity index (χ2v) is 6.88. The van der Waals surface area contributed by atoms with Crippen LogP contribution in [0.25, 0.3) is 0 Å². The third-order valence-corrected chi connectivity index (χ3v) is 4.62. The van der Waals surface area contributed by atoms with E-state index in [2.05, 4.69) is 10.6 Å². The van der Waals surface area contributed by atoms with Crippen LogP contribution >= 0.6 is 23.2 Å². The first-order chi connectivity index (χ1) is 14.2. The molecule has 158 valence electrons. The summed E-state index contributed by atoms with van der Waals surface area (Å²) in [7, 11) is 0. The first kappa shape index (κ1) is 23.0. The quantitative estimate of drug-likeness (QED) is 0.335. The van der Waals surface area contributed by atoms with E-state index in [0.717, 1.165) is 12.1 Å². The van der Waals surface area contributed by atoms with Crippen LogP contribution in [0.1, 0.15) is 33.6 Å². The monoisotopic (exact) mass is 454 g/mol. The van der Waals surface area contributed by atoms with E-state index < -0.39 is 21.7 Å². The molecule has 0 aliphatic carbocycles. The smallest absolute Gasteiger partial charge is 0.288 e. The summed E-state index contributed by atoms with van der Waals surface area (Å²) in [4.78, 5) is 44.5. The molecule has 0 aromatic heterocycles. The van der Waals surface area contributed by atoms with Crippen LogP contribution in [-0.2, 0) is 0 Å². The van der Waals surface area contributed by atoms with Crippen LogP contribution in [0, 0.1) is 20.2 Å². The van der Waals surface area contributed by atoms with Gasteiger partial charge in [-0.15, -0.1) is 0 Å². The van der Waals surface area contributed by atoms with Crippen LogP contribution in [0.4, 0.5) is 11.4 Å². The number of carbonyl (C=O) groups excluding carboxylic acids is 2. The van der Waals surface area contributed by atoms with Gasteiger partial charge in [-0.05, 0) is 37.1 Å². The van der Waals surface area contributed by atoms with Gasteiger partial charge in [0.15, 0.2) is 0 Å². The Bertz CT molecular complexity index is 919. The highest BCUT2D eigenvalue weighted by Gasteiger charge is 2.17. The molecule has 0 unspecified atom stereocenters. The molecule has 10 nitrogen and oxygen atoms in total. The summed E-state index contributed by atoms with van der Waals surface area (Å²) in [6.07, 6.45) is 1.06. The van der Waals surface area contributed by atoms with E-state index in [-0.39, 0.29) is 45.6 Å². The number of nitrogens with one attached hydrogen (secondary N) is 2. The normalized spacial score (nSPS) is 10.3. The van der Waals surface area contributed by atoms with Crippen molar-refractivity contribution in [3.8, 4) is 0 Å². The third kappa shape index (κ3) is 6.13. The van der Waals surface area contributed by atoms with Gasteiger partial charge in [-0.2, -0.15) is 0 Å². The standard InChI is InChI=1S/C18H16Cl2N4O6/c19-13-5-3-11(9-15(13)23(27)28)17(25)21-7-1-2-8-22-18(26)12-4-6-14(20)16(10-12)24(29)30/h3-6,9-10H,1-2,7-8H2,(H,21,25)(H,22,26). The fourth-order valence-electron chi connectivity index (χ4n) is 2.45. The van der Waals surface area contributed by atoms with Crippen molar-refractivity contribution in [3.63, 3.8) is 0 Å². The number of nitro groups is 2. The van der Waals surface area contributed by atoms with Gasteiger partial charge in [-0.25, -0.2) is 0 Å². The Morgan fingerprint density at radius 3 is 1.47 bits per heavy atom. The van der Waals surface area contributed by atoms with Crippen LogP contribution in [-0.4, -0.2) is 34.8 Å². The van der Waals surface area contributed by atoms with Gasteiger partial charge >= 0.3 is 0 Å². The maximum absolute atomic E-state index is 12.1. The zero-order chi connectivity index (χ0) is 22.3. The lowest BCUT2D eigenvalue weighted by Gasteiger charge is -2.07.